The van der Waals surface area contributed by atoms with Gasteiger partial charge in [-0.25, -0.2) is 4.79 Å². The molecule has 1 N–H and O–H groups in total. The number of hydrogen-bond acceptors (Lipinski definition) is 4. The molecule has 3 heterocycles. The van der Waals surface area contributed by atoms with Crippen LogP contribution in [0.2, 0.25) is 0 Å². The molecule has 0 radical (unpaired) electrons. The molecule has 0 saturated carbocycles. The SMILES string of the molecule is CN1C(=O)[C@@]2(CCN(C(=O)Nc3ccc4c(c3)OCO4)C2)c2ccccc21. The maximum atomic E-state index is 13.0. The fourth-order valence-electron chi connectivity index (χ4n) is 4.27. The standard InChI is InChI=1S/C20H19N3O4/c1-22-15-5-3-2-4-14(15)20(18(22)24)8-9-23(11-20)19(25)21-13-6-7-16-17(10-13)27-12-26-16/h2-7,10H,8-9,11-12H2,1H3,(H,21,25)/t20-/m1/s1. The van der Waals surface area contributed by atoms with Gasteiger partial charge in [0.2, 0.25) is 12.7 Å². The number of rotatable bonds is 1. The van der Waals surface area contributed by atoms with Crippen LogP contribution in [-0.2, 0) is 10.2 Å². The van der Waals surface area contributed by atoms with Gasteiger partial charge in [-0.05, 0) is 30.2 Å². The molecule has 3 aliphatic heterocycles. The van der Waals surface area contributed by atoms with Crippen LogP contribution in [0.4, 0.5) is 16.2 Å². The van der Waals surface area contributed by atoms with Gasteiger partial charge >= 0.3 is 6.03 Å². The third kappa shape index (κ3) is 2.27. The summed E-state index contributed by atoms with van der Waals surface area (Å²) in [6.45, 7) is 1.10. The van der Waals surface area contributed by atoms with Crippen molar-refractivity contribution in [3.8, 4) is 11.5 Å². The first-order chi connectivity index (χ1) is 13.1. The Morgan fingerprint density at radius 2 is 1.96 bits per heavy atom. The smallest absolute Gasteiger partial charge is 0.321 e. The number of likely N-dealkylation sites (tertiary alicyclic amines) is 1. The molecule has 3 aliphatic rings. The second kappa shape index (κ2) is 5.64. The molecule has 0 aromatic heterocycles. The lowest BCUT2D eigenvalue weighted by atomic mass is 9.81. The minimum Gasteiger partial charge on any atom is -0.454 e. The fourth-order valence-corrected chi connectivity index (χ4v) is 4.27. The van der Waals surface area contributed by atoms with E-state index >= 15 is 0 Å². The molecule has 1 saturated heterocycles. The molecule has 1 fully saturated rings. The van der Waals surface area contributed by atoms with Crippen molar-refractivity contribution in [2.24, 2.45) is 0 Å². The highest BCUT2D eigenvalue weighted by atomic mass is 16.7. The number of nitrogens with one attached hydrogen (secondary N) is 1. The number of carbonyl (C=O) groups excluding carboxylic acids is 2. The molecular weight excluding hydrogens is 346 g/mol. The van der Waals surface area contributed by atoms with Gasteiger partial charge in [-0.1, -0.05) is 18.2 Å². The highest BCUT2D eigenvalue weighted by molar-refractivity contribution is 6.08. The Hall–Kier alpha value is -3.22. The highest BCUT2D eigenvalue weighted by Gasteiger charge is 2.54. The van der Waals surface area contributed by atoms with Crippen LogP contribution in [0.1, 0.15) is 12.0 Å². The van der Waals surface area contributed by atoms with Gasteiger partial charge < -0.3 is 24.6 Å². The number of benzene rings is 2. The van der Waals surface area contributed by atoms with Gasteiger partial charge in [0.25, 0.3) is 0 Å². The summed E-state index contributed by atoms with van der Waals surface area (Å²) >= 11 is 0. The second-order valence-corrected chi connectivity index (χ2v) is 7.13. The molecule has 5 rings (SSSR count). The number of amides is 3. The first-order valence-electron chi connectivity index (χ1n) is 8.92. The summed E-state index contributed by atoms with van der Waals surface area (Å²) in [5.74, 6) is 1.35. The fraction of sp³-hybridized carbons (Fsp3) is 0.300. The lowest BCUT2D eigenvalue weighted by molar-refractivity contribution is -0.122. The summed E-state index contributed by atoms with van der Waals surface area (Å²) in [7, 11) is 1.80. The number of ether oxygens (including phenoxy) is 2. The molecule has 0 bridgehead atoms. The molecule has 1 spiro atoms. The van der Waals surface area contributed by atoms with E-state index in [0.717, 1.165) is 11.3 Å². The molecular formula is C20H19N3O4. The third-order valence-corrected chi connectivity index (χ3v) is 5.68. The van der Waals surface area contributed by atoms with Crippen molar-refractivity contribution in [2.45, 2.75) is 11.8 Å². The third-order valence-electron chi connectivity index (χ3n) is 5.68. The Kier molecular flexibility index (Phi) is 3.34. The van der Waals surface area contributed by atoms with E-state index in [1.165, 1.54) is 0 Å². The lowest BCUT2D eigenvalue weighted by Crippen LogP contribution is -2.42. The Bertz CT molecular complexity index is 960. The van der Waals surface area contributed by atoms with E-state index in [1.54, 1.807) is 35.0 Å². The monoisotopic (exact) mass is 365 g/mol. The summed E-state index contributed by atoms with van der Waals surface area (Å²) in [6, 6.07) is 12.9. The average Bonchev–Trinajstić information content (AvgIpc) is 3.38. The molecule has 2 aromatic rings. The quantitative estimate of drug-likeness (QED) is 0.843. The molecule has 138 valence electrons. The minimum absolute atomic E-state index is 0.0575. The lowest BCUT2D eigenvalue weighted by Gasteiger charge is -2.23. The van der Waals surface area contributed by atoms with Gasteiger partial charge in [0, 0.05) is 37.6 Å². The Balaban J connectivity index is 1.36. The predicted octanol–water partition coefficient (Wildman–Crippen LogP) is 2.57. The van der Waals surface area contributed by atoms with E-state index in [2.05, 4.69) is 5.32 Å². The van der Waals surface area contributed by atoms with Crippen LogP contribution in [0.15, 0.2) is 42.5 Å². The Labute approximate surface area is 156 Å². The normalized spacial score (nSPS) is 22.5. The number of fused-ring (bicyclic) bond motifs is 3. The number of urea groups is 1. The summed E-state index contributed by atoms with van der Waals surface area (Å²) in [5, 5.41) is 2.90. The molecule has 2 aromatic carbocycles. The van der Waals surface area contributed by atoms with E-state index in [4.69, 9.17) is 9.47 Å². The number of likely N-dealkylation sites (N-methyl/N-ethyl adjacent to an activating group) is 1. The molecule has 0 unspecified atom stereocenters. The summed E-state index contributed by atoms with van der Waals surface area (Å²) < 4.78 is 10.6. The van der Waals surface area contributed by atoms with Crippen LogP contribution in [0, 0.1) is 0 Å². The Morgan fingerprint density at radius 1 is 1.15 bits per heavy atom. The summed E-state index contributed by atoms with van der Waals surface area (Å²) in [4.78, 5) is 29.2. The number of carbonyl (C=O) groups is 2. The number of para-hydroxylation sites is 1. The zero-order valence-electron chi connectivity index (χ0n) is 14.9. The van der Waals surface area contributed by atoms with Crippen LogP contribution in [0.5, 0.6) is 11.5 Å². The van der Waals surface area contributed by atoms with Crippen LogP contribution in [0.3, 0.4) is 0 Å². The van der Waals surface area contributed by atoms with E-state index in [-0.39, 0.29) is 18.7 Å². The molecule has 1 atom stereocenters. The van der Waals surface area contributed by atoms with Crippen molar-refractivity contribution in [3.05, 3.63) is 48.0 Å². The van der Waals surface area contributed by atoms with Gasteiger partial charge in [-0.2, -0.15) is 0 Å². The van der Waals surface area contributed by atoms with Crippen molar-refractivity contribution >= 4 is 23.3 Å². The van der Waals surface area contributed by atoms with Gasteiger partial charge in [-0.15, -0.1) is 0 Å². The van der Waals surface area contributed by atoms with E-state index < -0.39 is 5.41 Å². The maximum absolute atomic E-state index is 13.0. The van der Waals surface area contributed by atoms with Crippen LogP contribution in [0.25, 0.3) is 0 Å². The molecule has 3 amide bonds. The molecule has 7 nitrogen and oxygen atoms in total. The first kappa shape index (κ1) is 16.0. The van der Waals surface area contributed by atoms with Crippen molar-refractivity contribution < 1.29 is 19.1 Å². The predicted molar refractivity (Wildman–Crippen MR) is 99.3 cm³/mol. The summed E-state index contributed by atoms with van der Waals surface area (Å²) in [6.07, 6.45) is 0.627. The van der Waals surface area contributed by atoms with Crippen LogP contribution < -0.4 is 19.7 Å². The number of anilines is 2. The highest BCUT2D eigenvalue weighted by Crippen LogP contribution is 2.46. The minimum atomic E-state index is -0.641. The second-order valence-electron chi connectivity index (χ2n) is 7.13. The van der Waals surface area contributed by atoms with Crippen molar-refractivity contribution in [1.29, 1.82) is 0 Å². The van der Waals surface area contributed by atoms with Gasteiger partial charge in [0.1, 0.15) is 0 Å². The topological polar surface area (TPSA) is 71.1 Å². The number of hydrogen-bond donors (Lipinski definition) is 1. The zero-order valence-corrected chi connectivity index (χ0v) is 14.9. The maximum Gasteiger partial charge on any atom is 0.321 e. The van der Waals surface area contributed by atoms with Gasteiger partial charge in [0.05, 0.1) is 5.41 Å². The van der Waals surface area contributed by atoms with E-state index in [1.807, 2.05) is 24.3 Å². The van der Waals surface area contributed by atoms with Crippen LogP contribution >= 0.6 is 0 Å². The average molecular weight is 365 g/mol. The van der Waals surface area contributed by atoms with Crippen molar-refractivity contribution in [2.75, 3.05) is 37.1 Å². The molecule has 27 heavy (non-hydrogen) atoms. The van der Waals surface area contributed by atoms with Gasteiger partial charge in [0.15, 0.2) is 11.5 Å². The largest absolute Gasteiger partial charge is 0.454 e. The molecule has 7 heteroatoms. The van der Waals surface area contributed by atoms with Gasteiger partial charge in [-0.3, -0.25) is 4.79 Å². The number of nitrogens with zero attached hydrogens (tertiary/aromatic N) is 2. The first-order valence-corrected chi connectivity index (χ1v) is 8.92. The van der Waals surface area contributed by atoms with E-state index in [9.17, 15) is 9.59 Å². The zero-order chi connectivity index (χ0) is 18.6. The molecule has 0 aliphatic carbocycles. The van der Waals surface area contributed by atoms with Crippen molar-refractivity contribution in [1.82, 2.24) is 4.90 Å². The Morgan fingerprint density at radius 3 is 2.85 bits per heavy atom. The summed E-state index contributed by atoms with van der Waals surface area (Å²) in [5.41, 5.74) is 1.94. The van der Waals surface area contributed by atoms with Crippen molar-refractivity contribution in [3.63, 3.8) is 0 Å². The van der Waals surface area contributed by atoms with E-state index in [0.29, 0.717) is 36.7 Å². The van der Waals surface area contributed by atoms with Crippen LogP contribution in [-0.4, -0.2) is 43.8 Å².